The van der Waals surface area contributed by atoms with Crippen LogP contribution in [-0.2, 0) is 11.3 Å². The molecule has 3 N–H and O–H groups in total. The molecule has 3 rings (SSSR count). The van der Waals surface area contributed by atoms with Gasteiger partial charge in [-0.15, -0.1) is 11.3 Å². The van der Waals surface area contributed by atoms with E-state index in [4.69, 9.17) is 4.52 Å². The lowest BCUT2D eigenvalue weighted by molar-refractivity contribution is -0.125. The number of hydrogen-bond acceptors (Lipinski definition) is 7. The van der Waals surface area contributed by atoms with E-state index in [1.165, 1.54) is 23.6 Å². The molecule has 0 unspecified atom stereocenters. The standard InChI is InChI=1S/C15H18N4O4S/c1-8-18-10(7-24-8)6-16-14(21)9-4-11(12(20)5-9)19-15(22)13-2-3-17-23-13/h2-3,7,9,11-12,20H,4-6H2,1H3,(H,16,21)(H,19,22)/t9-,11+,12+/m0/s1. The summed E-state index contributed by atoms with van der Waals surface area (Å²) in [4.78, 5) is 28.5. The molecule has 0 aliphatic heterocycles. The van der Waals surface area contributed by atoms with Gasteiger partial charge in [0.2, 0.25) is 11.7 Å². The minimum atomic E-state index is -0.769. The molecule has 9 heteroatoms. The van der Waals surface area contributed by atoms with E-state index in [-0.39, 0.29) is 17.6 Å². The van der Waals surface area contributed by atoms with Crippen LogP contribution in [0.15, 0.2) is 22.2 Å². The van der Waals surface area contributed by atoms with Crippen LogP contribution in [0.2, 0.25) is 0 Å². The van der Waals surface area contributed by atoms with Crippen molar-refractivity contribution in [3.05, 3.63) is 34.1 Å². The van der Waals surface area contributed by atoms with Gasteiger partial charge in [0, 0.05) is 17.4 Å². The maximum atomic E-state index is 12.2. The van der Waals surface area contributed by atoms with Gasteiger partial charge in [-0.3, -0.25) is 9.59 Å². The molecule has 0 saturated heterocycles. The van der Waals surface area contributed by atoms with Crippen molar-refractivity contribution < 1.29 is 19.2 Å². The largest absolute Gasteiger partial charge is 0.391 e. The third-order valence-corrected chi connectivity index (χ3v) is 4.81. The fourth-order valence-electron chi connectivity index (χ4n) is 2.77. The Labute approximate surface area is 142 Å². The van der Waals surface area contributed by atoms with Crippen molar-refractivity contribution in [3.8, 4) is 0 Å². The number of hydrogen-bond donors (Lipinski definition) is 3. The topological polar surface area (TPSA) is 117 Å². The quantitative estimate of drug-likeness (QED) is 0.728. The Bertz CT molecular complexity index is 715. The van der Waals surface area contributed by atoms with E-state index in [9.17, 15) is 14.7 Å². The molecule has 3 atom stereocenters. The minimum absolute atomic E-state index is 0.0778. The second-order valence-corrected chi connectivity index (χ2v) is 6.83. The van der Waals surface area contributed by atoms with E-state index in [2.05, 4.69) is 20.8 Å². The fourth-order valence-corrected chi connectivity index (χ4v) is 3.38. The molecule has 0 aromatic carbocycles. The van der Waals surface area contributed by atoms with Crippen molar-refractivity contribution in [2.45, 2.75) is 38.5 Å². The zero-order valence-corrected chi connectivity index (χ0v) is 13.9. The number of carbonyl (C=O) groups excluding carboxylic acids is 2. The lowest BCUT2D eigenvalue weighted by Gasteiger charge is -2.15. The number of amides is 2. The Morgan fingerprint density at radius 1 is 1.46 bits per heavy atom. The highest BCUT2D eigenvalue weighted by Gasteiger charge is 2.38. The van der Waals surface area contributed by atoms with Crippen LogP contribution < -0.4 is 10.6 Å². The molecule has 0 radical (unpaired) electrons. The van der Waals surface area contributed by atoms with Crippen LogP contribution in [0.4, 0.5) is 0 Å². The van der Waals surface area contributed by atoms with E-state index < -0.39 is 18.1 Å². The van der Waals surface area contributed by atoms with Crippen LogP contribution in [-0.4, -0.2) is 39.2 Å². The summed E-state index contributed by atoms with van der Waals surface area (Å²) in [5.74, 6) is -0.861. The maximum absolute atomic E-state index is 12.2. The van der Waals surface area contributed by atoms with Gasteiger partial charge in [-0.25, -0.2) is 4.98 Å². The lowest BCUT2D eigenvalue weighted by Crippen LogP contribution is -2.40. The van der Waals surface area contributed by atoms with E-state index in [1.54, 1.807) is 0 Å². The Morgan fingerprint density at radius 3 is 2.96 bits per heavy atom. The van der Waals surface area contributed by atoms with Crippen molar-refractivity contribution in [2.24, 2.45) is 5.92 Å². The van der Waals surface area contributed by atoms with E-state index in [1.807, 2.05) is 12.3 Å². The summed E-state index contributed by atoms with van der Waals surface area (Å²) in [7, 11) is 0. The third-order valence-electron chi connectivity index (χ3n) is 3.99. The zero-order chi connectivity index (χ0) is 17.1. The number of aryl methyl sites for hydroxylation is 1. The van der Waals surface area contributed by atoms with Crippen molar-refractivity contribution in [1.82, 2.24) is 20.8 Å². The average molecular weight is 350 g/mol. The Kier molecular flexibility index (Phi) is 4.91. The molecule has 0 bridgehead atoms. The molecule has 8 nitrogen and oxygen atoms in total. The van der Waals surface area contributed by atoms with Gasteiger partial charge in [0.15, 0.2) is 0 Å². The summed E-state index contributed by atoms with van der Waals surface area (Å²) in [5, 5.41) is 21.9. The lowest BCUT2D eigenvalue weighted by atomic mass is 10.1. The second kappa shape index (κ2) is 7.10. The molecule has 2 aromatic heterocycles. The van der Waals surface area contributed by atoms with Crippen LogP contribution in [0.25, 0.3) is 0 Å². The van der Waals surface area contributed by atoms with Gasteiger partial charge in [-0.2, -0.15) is 0 Å². The molecular weight excluding hydrogens is 332 g/mol. The van der Waals surface area contributed by atoms with Gasteiger partial charge in [-0.1, -0.05) is 5.16 Å². The molecule has 128 valence electrons. The second-order valence-electron chi connectivity index (χ2n) is 5.77. The number of carbonyl (C=O) groups is 2. The van der Waals surface area contributed by atoms with E-state index in [0.717, 1.165) is 10.7 Å². The third kappa shape index (κ3) is 3.80. The number of nitrogens with zero attached hydrogens (tertiary/aromatic N) is 2. The van der Waals surface area contributed by atoms with Gasteiger partial charge in [0.25, 0.3) is 5.91 Å². The van der Waals surface area contributed by atoms with Gasteiger partial charge in [-0.05, 0) is 19.8 Å². The zero-order valence-electron chi connectivity index (χ0n) is 13.1. The first-order chi connectivity index (χ1) is 11.5. The van der Waals surface area contributed by atoms with Crippen molar-refractivity contribution >= 4 is 23.2 Å². The highest BCUT2D eigenvalue weighted by molar-refractivity contribution is 7.09. The summed E-state index contributed by atoms with van der Waals surface area (Å²) >= 11 is 1.53. The van der Waals surface area contributed by atoms with E-state index >= 15 is 0 Å². The summed E-state index contributed by atoms with van der Waals surface area (Å²) in [6.07, 6.45) is 1.29. The van der Waals surface area contributed by atoms with Gasteiger partial charge in [0.1, 0.15) is 0 Å². The monoisotopic (exact) mass is 350 g/mol. The molecule has 1 aliphatic rings. The van der Waals surface area contributed by atoms with Crippen LogP contribution >= 0.6 is 11.3 Å². The molecule has 0 spiro atoms. The van der Waals surface area contributed by atoms with Crippen LogP contribution in [0.1, 0.15) is 34.1 Å². The fraction of sp³-hybridized carbons (Fsp3) is 0.467. The van der Waals surface area contributed by atoms with Crippen molar-refractivity contribution in [1.29, 1.82) is 0 Å². The van der Waals surface area contributed by atoms with Gasteiger partial charge >= 0.3 is 0 Å². The molecule has 1 aliphatic carbocycles. The van der Waals surface area contributed by atoms with Crippen LogP contribution in [0, 0.1) is 12.8 Å². The first kappa shape index (κ1) is 16.6. The molecule has 2 heterocycles. The Balaban J connectivity index is 1.51. The number of thiazole rings is 1. The molecule has 2 amide bonds. The van der Waals surface area contributed by atoms with Gasteiger partial charge < -0.3 is 20.3 Å². The summed E-state index contributed by atoms with van der Waals surface area (Å²) in [6.45, 7) is 2.27. The number of aromatic nitrogens is 2. The maximum Gasteiger partial charge on any atom is 0.290 e. The summed E-state index contributed by atoms with van der Waals surface area (Å²) in [5.41, 5.74) is 0.819. The van der Waals surface area contributed by atoms with Crippen LogP contribution in [0.5, 0.6) is 0 Å². The van der Waals surface area contributed by atoms with Crippen molar-refractivity contribution in [3.63, 3.8) is 0 Å². The predicted octanol–water partition coefficient (Wildman–Crippen LogP) is 0.625. The molecule has 24 heavy (non-hydrogen) atoms. The molecule has 1 fully saturated rings. The SMILES string of the molecule is Cc1nc(CNC(=O)[C@@H]2C[C@@H](O)[C@H](NC(=O)c3ccno3)C2)cs1. The Morgan fingerprint density at radius 2 is 2.29 bits per heavy atom. The molecule has 2 aromatic rings. The Hall–Kier alpha value is -2.26. The highest BCUT2D eigenvalue weighted by Crippen LogP contribution is 2.26. The van der Waals surface area contributed by atoms with Crippen molar-refractivity contribution in [2.75, 3.05) is 0 Å². The molecule has 1 saturated carbocycles. The number of rotatable bonds is 5. The first-order valence-corrected chi connectivity index (χ1v) is 8.49. The van der Waals surface area contributed by atoms with E-state index in [0.29, 0.717) is 19.4 Å². The number of aliphatic hydroxyl groups excluding tert-OH is 1. The normalized spacial score (nSPS) is 23.2. The smallest absolute Gasteiger partial charge is 0.290 e. The van der Waals surface area contributed by atoms with Gasteiger partial charge in [0.05, 0.1) is 35.6 Å². The number of nitrogens with one attached hydrogen (secondary N) is 2. The first-order valence-electron chi connectivity index (χ1n) is 7.61. The average Bonchev–Trinajstić information content (AvgIpc) is 3.27. The van der Waals surface area contributed by atoms with Crippen LogP contribution in [0.3, 0.4) is 0 Å². The highest BCUT2D eigenvalue weighted by atomic mass is 32.1. The summed E-state index contributed by atoms with van der Waals surface area (Å²) in [6, 6.07) is 0.955. The minimum Gasteiger partial charge on any atom is -0.391 e. The summed E-state index contributed by atoms with van der Waals surface area (Å²) < 4.78 is 4.78. The predicted molar refractivity (Wildman–Crippen MR) is 85.2 cm³/mol. The molecular formula is C15H18N4O4S. The number of aliphatic hydroxyl groups is 1.